The minimum Gasteiger partial charge on any atom is -0.507 e. The lowest BCUT2D eigenvalue weighted by molar-refractivity contribution is 0.0172. The highest BCUT2D eigenvalue weighted by atomic mass is 19.3. The fraction of sp³-hybridized carbons (Fsp3) is 0.621. The van der Waals surface area contributed by atoms with Crippen LogP contribution >= 0.6 is 0 Å². The maximum Gasteiger partial charge on any atom is 0.320 e. The number of phenols is 1. The van der Waals surface area contributed by atoms with E-state index in [1.807, 2.05) is 9.80 Å². The van der Waals surface area contributed by atoms with Crippen molar-refractivity contribution >= 4 is 11.7 Å². The van der Waals surface area contributed by atoms with E-state index in [0.717, 1.165) is 90.8 Å². The monoisotopic (exact) mass is 561 g/mol. The molecule has 222 valence electrons. The number of nitrogens with zero attached hydrogens (tertiary/aromatic N) is 3. The van der Waals surface area contributed by atoms with Crippen molar-refractivity contribution in [3.8, 4) is 5.75 Å². The van der Waals surface area contributed by atoms with E-state index in [-0.39, 0.29) is 40.7 Å². The van der Waals surface area contributed by atoms with Crippen LogP contribution in [-0.2, 0) is 5.92 Å². The summed E-state index contributed by atoms with van der Waals surface area (Å²) in [5.74, 6) is -2.89. The molecule has 8 N–H and O–H groups in total. The topological polar surface area (TPSA) is 137 Å². The van der Waals surface area contributed by atoms with Gasteiger partial charge in [0.1, 0.15) is 5.75 Å². The quantitative estimate of drug-likeness (QED) is 0.337. The minimum absolute atomic E-state index is 0.150. The zero-order valence-electron chi connectivity index (χ0n) is 23.7. The van der Waals surface area contributed by atoms with Crippen LogP contribution in [0.15, 0.2) is 35.7 Å². The van der Waals surface area contributed by atoms with Crippen molar-refractivity contribution in [2.24, 2.45) is 17.2 Å². The lowest BCUT2D eigenvalue weighted by Gasteiger charge is -2.43. The van der Waals surface area contributed by atoms with Crippen molar-refractivity contribution in [2.45, 2.75) is 76.4 Å². The highest BCUT2D eigenvalue weighted by molar-refractivity contribution is 5.74. The third-order valence-electron chi connectivity index (χ3n) is 8.48. The zero-order chi connectivity index (χ0) is 29.0. The third kappa shape index (κ3) is 7.37. The number of halogens is 2. The first kappa shape index (κ1) is 29.9. The van der Waals surface area contributed by atoms with Crippen molar-refractivity contribution in [1.82, 2.24) is 20.0 Å². The van der Waals surface area contributed by atoms with E-state index in [1.165, 1.54) is 12.1 Å². The highest BCUT2D eigenvalue weighted by Gasteiger charge is 2.32. The first-order valence-corrected chi connectivity index (χ1v) is 14.4. The SMILES string of the molecule is CC(/C=C(\N)NC1CCCN(C2CCN(C(=O)N3CCC(N)CC3)CC2)C1)=C(/N)c1ccc(C(C)(F)F)cc1O. The van der Waals surface area contributed by atoms with E-state index < -0.39 is 5.92 Å². The summed E-state index contributed by atoms with van der Waals surface area (Å²) in [7, 11) is 0. The van der Waals surface area contributed by atoms with E-state index in [1.54, 1.807) is 13.0 Å². The Kier molecular flexibility index (Phi) is 9.45. The molecule has 1 atom stereocenters. The number of hydrogen-bond donors (Lipinski definition) is 5. The number of amides is 2. The number of rotatable bonds is 6. The van der Waals surface area contributed by atoms with Crippen molar-refractivity contribution in [3.63, 3.8) is 0 Å². The Balaban J connectivity index is 1.30. The molecule has 3 heterocycles. The van der Waals surface area contributed by atoms with Gasteiger partial charge in [-0.25, -0.2) is 13.6 Å². The Morgan fingerprint density at radius 2 is 1.68 bits per heavy atom. The van der Waals surface area contributed by atoms with E-state index in [4.69, 9.17) is 17.2 Å². The van der Waals surface area contributed by atoms with Crippen LogP contribution in [0.2, 0.25) is 0 Å². The van der Waals surface area contributed by atoms with Crippen LogP contribution < -0.4 is 22.5 Å². The summed E-state index contributed by atoms with van der Waals surface area (Å²) in [5.41, 5.74) is 19.5. The summed E-state index contributed by atoms with van der Waals surface area (Å²) in [4.78, 5) is 19.4. The van der Waals surface area contributed by atoms with Gasteiger partial charge in [0.2, 0.25) is 0 Å². The molecule has 9 nitrogen and oxygen atoms in total. The second-order valence-corrected chi connectivity index (χ2v) is 11.6. The molecule has 3 fully saturated rings. The fourth-order valence-corrected chi connectivity index (χ4v) is 6.00. The smallest absolute Gasteiger partial charge is 0.320 e. The Bertz CT molecular complexity index is 1100. The van der Waals surface area contributed by atoms with Crippen molar-refractivity contribution in [2.75, 3.05) is 39.3 Å². The summed E-state index contributed by atoms with van der Waals surface area (Å²) < 4.78 is 27.2. The van der Waals surface area contributed by atoms with Gasteiger partial charge >= 0.3 is 6.03 Å². The number of carbonyl (C=O) groups excluding carboxylic acids is 1. The molecule has 0 radical (unpaired) electrons. The first-order chi connectivity index (χ1) is 18.9. The largest absolute Gasteiger partial charge is 0.507 e. The molecule has 3 aliphatic heterocycles. The molecule has 2 amide bonds. The molecule has 4 rings (SSSR count). The van der Waals surface area contributed by atoms with Gasteiger partial charge in [-0.3, -0.25) is 4.90 Å². The van der Waals surface area contributed by atoms with Crippen molar-refractivity contribution in [1.29, 1.82) is 0 Å². The first-order valence-electron chi connectivity index (χ1n) is 14.4. The number of nitrogens with two attached hydrogens (primary N) is 3. The molecule has 1 aromatic carbocycles. The predicted octanol–water partition coefficient (Wildman–Crippen LogP) is 3.06. The number of carbonyl (C=O) groups is 1. The maximum absolute atomic E-state index is 13.6. The van der Waals surface area contributed by atoms with E-state index >= 15 is 0 Å². The highest BCUT2D eigenvalue weighted by Crippen LogP contribution is 2.33. The number of phenolic OH excluding ortho intramolecular Hbond substituents is 1. The Morgan fingerprint density at radius 1 is 1.05 bits per heavy atom. The van der Waals surface area contributed by atoms with Crippen LogP contribution in [0.4, 0.5) is 13.6 Å². The van der Waals surface area contributed by atoms with Gasteiger partial charge in [0, 0.05) is 74.6 Å². The van der Waals surface area contributed by atoms with Crippen molar-refractivity contribution in [3.05, 3.63) is 46.8 Å². The van der Waals surface area contributed by atoms with Gasteiger partial charge < -0.3 is 37.4 Å². The molecular weight excluding hydrogens is 516 g/mol. The molecule has 0 aliphatic carbocycles. The third-order valence-corrected chi connectivity index (χ3v) is 8.48. The van der Waals surface area contributed by atoms with Gasteiger partial charge in [-0.2, -0.15) is 0 Å². The summed E-state index contributed by atoms with van der Waals surface area (Å²) in [6.07, 6.45) is 7.43. The molecule has 0 saturated carbocycles. The van der Waals surface area contributed by atoms with Crippen LogP contribution in [0.3, 0.4) is 0 Å². The van der Waals surface area contributed by atoms with Crippen molar-refractivity contribution < 1.29 is 18.7 Å². The lowest BCUT2D eigenvalue weighted by Crippen LogP contribution is -2.55. The second kappa shape index (κ2) is 12.6. The maximum atomic E-state index is 13.6. The number of likely N-dealkylation sites (tertiary alicyclic amines) is 3. The lowest BCUT2D eigenvalue weighted by atomic mass is 9.97. The van der Waals surface area contributed by atoms with Gasteiger partial charge in [0.15, 0.2) is 0 Å². The molecule has 3 saturated heterocycles. The summed E-state index contributed by atoms with van der Waals surface area (Å²) >= 11 is 0. The number of piperidine rings is 3. The molecule has 1 unspecified atom stereocenters. The molecule has 0 spiro atoms. The van der Waals surface area contributed by atoms with E-state index in [2.05, 4.69) is 10.2 Å². The van der Waals surface area contributed by atoms with Gasteiger partial charge in [0.25, 0.3) is 5.92 Å². The molecule has 40 heavy (non-hydrogen) atoms. The van der Waals surface area contributed by atoms with Crippen LogP contribution in [0.25, 0.3) is 5.70 Å². The molecule has 3 aliphatic rings. The zero-order valence-corrected chi connectivity index (χ0v) is 23.7. The Hall–Kier alpha value is -3.05. The molecule has 1 aromatic rings. The molecular formula is C29H45F2N7O2. The Labute approximate surface area is 236 Å². The standard InChI is InChI=1S/C29H45F2N7O2/c1-19(27(34)24-6-5-20(17-25(24)39)29(2,30)31)16-26(33)35-22-4-3-11-38(18-22)23-9-14-37(15-10-23)28(40)36-12-7-21(32)8-13-36/h5-6,16-17,21-23,35,39H,3-4,7-15,18,32-34H2,1-2H3/b26-16+,27-19-. The van der Waals surface area contributed by atoms with Crippen LogP contribution in [-0.4, -0.2) is 83.2 Å². The second-order valence-electron chi connectivity index (χ2n) is 11.6. The number of nitrogens with one attached hydrogen (secondary N) is 1. The van der Waals surface area contributed by atoms with Crippen LogP contribution in [0.1, 0.15) is 63.5 Å². The number of benzene rings is 1. The predicted molar refractivity (Wildman–Crippen MR) is 153 cm³/mol. The van der Waals surface area contributed by atoms with Gasteiger partial charge in [-0.15, -0.1) is 0 Å². The minimum atomic E-state index is -3.05. The van der Waals surface area contributed by atoms with Gasteiger partial charge in [0.05, 0.1) is 5.82 Å². The average Bonchev–Trinajstić information content (AvgIpc) is 2.92. The van der Waals surface area contributed by atoms with Gasteiger partial charge in [-0.1, -0.05) is 6.07 Å². The molecule has 0 bridgehead atoms. The molecule has 0 aromatic heterocycles. The van der Waals surface area contributed by atoms with E-state index in [9.17, 15) is 18.7 Å². The van der Waals surface area contributed by atoms with Crippen LogP contribution in [0, 0.1) is 0 Å². The fourth-order valence-electron chi connectivity index (χ4n) is 6.00. The normalized spacial score (nSPS) is 23.2. The number of hydrogen-bond acceptors (Lipinski definition) is 7. The molecule has 11 heteroatoms. The summed E-state index contributed by atoms with van der Waals surface area (Å²) in [5, 5.41) is 13.7. The number of allylic oxidation sites excluding steroid dienone is 2. The summed E-state index contributed by atoms with van der Waals surface area (Å²) in [6.45, 7) is 7.49. The number of aromatic hydroxyl groups is 1. The van der Waals surface area contributed by atoms with Crippen LogP contribution in [0.5, 0.6) is 5.75 Å². The summed E-state index contributed by atoms with van der Waals surface area (Å²) in [6, 6.07) is 4.68. The number of urea groups is 1. The average molecular weight is 562 g/mol. The Morgan fingerprint density at radius 3 is 2.27 bits per heavy atom. The van der Waals surface area contributed by atoms with Gasteiger partial charge in [-0.05, 0) is 75.8 Å². The number of alkyl halides is 2. The van der Waals surface area contributed by atoms with E-state index in [0.29, 0.717) is 17.4 Å².